The van der Waals surface area contributed by atoms with Gasteiger partial charge in [-0.3, -0.25) is 4.79 Å². The van der Waals surface area contributed by atoms with E-state index < -0.39 is 47.1 Å². The van der Waals surface area contributed by atoms with Gasteiger partial charge in [-0.25, -0.2) is 4.72 Å². The molecule has 2 N–H and O–H groups in total. The maximum atomic E-state index is 15.1. The van der Waals surface area contributed by atoms with Crippen molar-refractivity contribution in [3.63, 3.8) is 0 Å². The zero-order valence-corrected chi connectivity index (χ0v) is 37.8. The van der Waals surface area contributed by atoms with Gasteiger partial charge in [-0.1, -0.05) is 19.3 Å². The topological polar surface area (TPSA) is 183 Å². The number of aromatic nitrogens is 1. The molecular formula is C47H51N4O11PS. The second kappa shape index (κ2) is 16.1. The first-order valence-corrected chi connectivity index (χ1v) is 25.2. The molecule has 336 valence electrons. The Labute approximate surface area is 371 Å². The summed E-state index contributed by atoms with van der Waals surface area (Å²) in [5.74, 6) is -2.15. The fourth-order valence-corrected chi connectivity index (χ4v) is 12.1. The van der Waals surface area contributed by atoms with Crippen LogP contribution in [0.3, 0.4) is 0 Å². The predicted molar refractivity (Wildman–Crippen MR) is 240 cm³/mol. The Bertz CT molecular complexity index is 2750. The molecular weight excluding hydrogens is 860 g/mol. The number of carbonyl (C=O) groups excluding carboxylic acids is 4. The van der Waals surface area contributed by atoms with E-state index in [2.05, 4.69) is 9.29 Å². The molecule has 2 amide bonds. The normalized spacial score (nSPS) is 20.4. The molecule has 4 aliphatic rings. The van der Waals surface area contributed by atoms with Gasteiger partial charge in [-0.2, -0.15) is 12.7 Å². The molecule has 4 aromatic carbocycles. The van der Waals surface area contributed by atoms with Gasteiger partial charge in [0.2, 0.25) is 0 Å². The number of ether oxygens (including phenoxy) is 1. The van der Waals surface area contributed by atoms with Gasteiger partial charge in [0.15, 0.2) is 0 Å². The van der Waals surface area contributed by atoms with Crippen molar-refractivity contribution in [2.24, 2.45) is 5.41 Å². The van der Waals surface area contributed by atoms with Crippen molar-refractivity contribution in [1.29, 1.82) is 0 Å². The van der Waals surface area contributed by atoms with Crippen LogP contribution in [-0.2, 0) is 35.1 Å². The first-order chi connectivity index (χ1) is 30.5. The van der Waals surface area contributed by atoms with Crippen molar-refractivity contribution >= 4 is 52.4 Å². The number of carbonyl (C=O) groups is 4. The van der Waals surface area contributed by atoms with E-state index >= 15 is 4.79 Å². The second-order valence-electron chi connectivity index (χ2n) is 17.6. The maximum absolute atomic E-state index is 15.1. The first kappa shape index (κ1) is 43.6. The first-order valence-electron chi connectivity index (χ1n) is 21.4. The van der Waals surface area contributed by atoms with Gasteiger partial charge >= 0.3 is 317 Å². The van der Waals surface area contributed by atoms with E-state index in [0.29, 0.717) is 12.2 Å². The summed E-state index contributed by atoms with van der Waals surface area (Å²) in [5.41, 5.74) is 4.25. The molecule has 64 heavy (non-hydrogen) atoms. The van der Waals surface area contributed by atoms with Gasteiger partial charge in [0, 0.05) is 14.1 Å². The summed E-state index contributed by atoms with van der Waals surface area (Å²) in [6, 6.07) is 27.2. The summed E-state index contributed by atoms with van der Waals surface area (Å²) >= 11 is 0. The van der Waals surface area contributed by atoms with Crippen molar-refractivity contribution in [3.8, 4) is 17.0 Å². The van der Waals surface area contributed by atoms with Crippen LogP contribution in [0.4, 0.5) is 0 Å². The van der Waals surface area contributed by atoms with Crippen LogP contribution in [0.1, 0.15) is 92.6 Å². The molecule has 5 aromatic rings. The third-order valence-corrected chi connectivity index (χ3v) is 16.4. The number of nitrogens with zero attached hydrogens (tertiary/aromatic N) is 3. The minimum absolute atomic E-state index is 0.00756. The SMILES string of the molecule is COc1ccc2c(c1)C1CC1(C(=O)N1CC(OP(C)(O)(OC(=O)c3ccccc3)OC(=O)c3ccccc3)C1)Cn1c-2c(C2CCCCC2)c2ccc(C(=O)NS(=O)(=O)N(C)C)cc21. The molecule has 1 aromatic heterocycles. The monoisotopic (exact) mass is 910 g/mol. The zero-order valence-electron chi connectivity index (χ0n) is 36.1. The number of benzene rings is 4. The molecule has 2 aliphatic carbocycles. The molecule has 1 saturated heterocycles. The third-order valence-electron chi connectivity index (χ3n) is 13.0. The van der Waals surface area contributed by atoms with Crippen molar-refractivity contribution in [2.45, 2.75) is 63.0 Å². The van der Waals surface area contributed by atoms with Crippen molar-refractivity contribution in [1.82, 2.24) is 18.5 Å². The summed E-state index contributed by atoms with van der Waals surface area (Å²) in [5, 5.41) is 0.946. The van der Waals surface area contributed by atoms with Crippen LogP contribution in [0, 0.1) is 5.41 Å². The average molecular weight is 911 g/mol. The van der Waals surface area contributed by atoms with Gasteiger partial charge in [0.1, 0.15) is 0 Å². The number of hydrogen-bond acceptors (Lipinski definition) is 11. The molecule has 0 radical (unpaired) electrons. The number of methoxy groups -OCH3 is 1. The van der Waals surface area contributed by atoms with Gasteiger partial charge in [0.05, 0.1) is 0 Å². The van der Waals surface area contributed by atoms with E-state index in [1.54, 1.807) is 60.5 Å². The van der Waals surface area contributed by atoms with Crippen molar-refractivity contribution < 1.29 is 50.8 Å². The Morgan fingerprint density at radius 2 is 1.45 bits per heavy atom. The van der Waals surface area contributed by atoms with Crippen LogP contribution in [0.5, 0.6) is 5.75 Å². The number of rotatable bonds is 12. The van der Waals surface area contributed by atoms with Crippen molar-refractivity contribution in [3.05, 3.63) is 125 Å². The van der Waals surface area contributed by atoms with Gasteiger partial charge in [-0.05, 0) is 0 Å². The van der Waals surface area contributed by atoms with Crippen molar-refractivity contribution in [2.75, 3.05) is 41.0 Å². The molecule has 0 bridgehead atoms. The quantitative estimate of drug-likeness (QED) is 0.121. The number of likely N-dealkylation sites (tertiary alicyclic amines) is 1. The van der Waals surface area contributed by atoms with Crippen LogP contribution in [-0.4, -0.2) is 97.9 Å². The Hall–Kier alpha value is -5.64. The summed E-state index contributed by atoms with van der Waals surface area (Å²) < 4.78 is 53.8. The Morgan fingerprint density at radius 3 is 2.05 bits per heavy atom. The fraction of sp³-hybridized carbons (Fsp3) is 0.362. The molecule has 2 unspecified atom stereocenters. The van der Waals surface area contributed by atoms with Crippen LogP contribution in [0.25, 0.3) is 22.2 Å². The summed E-state index contributed by atoms with van der Waals surface area (Å²) in [6.07, 6.45) is 4.92. The summed E-state index contributed by atoms with van der Waals surface area (Å²) in [6.45, 7) is 1.36. The zero-order chi connectivity index (χ0) is 45.2. The van der Waals surface area contributed by atoms with Crippen LogP contribution < -0.4 is 9.46 Å². The molecule has 2 aliphatic heterocycles. The van der Waals surface area contributed by atoms with E-state index in [4.69, 9.17) is 18.3 Å². The average Bonchev–Trinajstić information content (AvgIpc) is 3.94. The van der Waals surface area contributed by atoms with E-state index in [-0.39, 0.29) is 54.1 Å². The number of nitrogens with one attached hydrogen (secondary N) is 1. The minimum atomic E-state index is -5.52. The van der Waals surface area contributed by atoms with Gasteiger partial charge < -0.3 is 0 Å². The Kier molecular flexibility index (Phi) is 11.0. The molecule has 15 nitrogen and oxygen atoms in total. The predicted octanol–water partition coefficient (Wildman–Crippen LogP) is 7.16. The van der Waals surface area contributed by atoms with E-state index in [1.807, 2.05) is 24.3 Å². The summed E-state index contributed by atoms with van der Waals surface area (Å²) in [7, 11) is -5.30. The van der Waals surface area contributed by atoms with E-state index in [0.717, 1.165) is 76.4 Å². The third kappa shape index (κ3) is 7.95. The standard InChI is InChI=1S/C47H51N4O11PS/c1-49(2)64(57,58)48-43(52)33-20-22-37-40(24-33)51-29-47(26-39(47)38-25-34(59-3)21-23-36(38)42(51)41(37)30-14-8-5-9-15-30)46(55)50-27-35(28-50)60-63(4,56,61-44(53)31-16-10-6-11-17-31)62-45(54)32-18-12-7-13-19-32/h6-7,10-13,16-25,30,35,39,56H,5,8-9,14-15,26-29H2,1-4H3,(H,48,52). The Balaban J connectivity index is 1.06. The van der Waals surface area contributed by atoms with E-state index in [9.17, 15) is 27.7 Å². The summed E-state index contributed by atoms with van der Waals surface area (Å²) in [4.78, 5) is 69.1. The number of hydrogen-bond donors (Lipinski definition) is 2. The van der Waals surface area contributed by atoms with Crippen LogP contribution >= 0.6 is 7.51 Å². The molecule has 9 rings (SSSR count). The second-order valence-corrected chi connectivity index (χ2v) is 22.5. The number of amides is 2. The van der Waals surface area contributed by atoms with Gasteiger partial charge in [-0.15, -0.1) is 0 Å². The van der Waals surface area contributed by atoms with Crippen LogP contribution in [0.15, 0.2) is 97.1 Å². The molecule has 0 spiro atoms. The number of fused-ring (bicyclic) bond motifs is 7. The molecule has 3 heterocycles. The molecule has 17 heteroatoms. The Morgan fingerprint density at radius 1 is 0.828 bits per heavy atom. The molecule has 2 atom stereocenters. The molecule has 2 saturated carbocycles. The molecule has 3 fully saturated rings. The van der Waals surface area contributed by atoms with Crippen LogP contribution in [0.2, 0.25) is 0 Å². The fourth-order valence-electron chi connectivity index (χ4n) is 9.70. The van der Waals surface area contributed by atoms with E-state index in [1.165, 1.54) is 38.4 Å². The van der Waals surface area contributed by atoms with Gasteiger partial charge in [0.25, 0.3) is 0 Å².